The number of nitrogens with zero attached hydrogens (tertiary/aromatic N) is 2. The summed E-state index contributed by atoms with van der Waals surface area (Å²) in [5.41, 5.74) is 2.90. The van der Waals surface area contributed by atoms with Crippen molar-refractivity contribution in [2.45, 2.75) is 42.9 Å². The Labute approximate surface area is 182 Å². The van der Waals surface area contributed by atoms with E-state index in [4.69, 9.17) is 0 Å². The van der Waals surface area contributed by atoms with Gasteiger partial charge in [0.15, 0.2) is 0 Å². The lowest BCUT2D eigenvalue weighted by molar-refractivity contribution is 0.581. The highest BCUT2D eigenvalue weighted by molar-refractivity contribution is 7.89. The van der Waals surface area contributed by atoms with Crippen LogP contribution < -0.4 is 9.66 Å². The van der Waals surface area contributed by atoms with Gasteiger partial charge in [0.2, 0.25) is 0 Å². The van der Waals surface area contributed by atoms with Crippen molar-refractivity contribution in [1.29, 1.82) is 0 Å². The first-order chi connectivity index (χ1) is 14.7. The quantitative estimate of drug-likeness (QED) is 0.645. The second-order valence-corrected chi connectivity index (χ2v) is 11.3. The molecule has 0 amide bonds. The largest absolute Gasteiger partial charge is 0.276 e. The molecule has 2 saturated carbocycles. The van der Waals surface area contributed by atoms with Gasteiger partial charge in [-0.2, -0.15) is 36.7 Å². The summed E-state index contributed by atoms with van der Waals surface area (Å²) in [5.74, 6) is 0.127. The van der Waals surface area contributed by atoms with Gasteiger partial charge in [0.1, 0.15) is 0 Å². The number of hydrogen-bond acceptors (Lipinski definition) is 6. The average Bonchev–Trinajstić information content (AvgIpc) is 3.33. The normalized spacial score (nSPS) is 23.4. The van der Waals surface area contributed by atoms with Crippen LogP contribution in [0.1, 0.15) is 30.4 Å². The van der Waals surface area contributed by atoms with Gasteiger partial charge >= 0.3 is 0 Å². The molecule has 2 aliphatic carbocycles. The van der Waals surface area contributed by atoms with Crippen LogP contribution in [0.3, 0.4) is 0 Å². The summed E-state index contributed by atoms with van der Waals surface area (Å²) in [4.78, 5) is 4.81. The average molecular weight is 461 g/mol. The molecule has 2 N–H and O–H groups in total. The fourth-order valence-electron chi connectivity index (χ4n) is 3.95. The van der Waals surface area contributed by atoms with Gasteiger partial charge < -0.3 is 0 Å². The minimum atomic E-state index is -3.83. The van der Waals surface area contributed by atoms with Gasteiger partial charge in [0.05, 0.1) is 21.2 Å². The Bertz CT molecular complexity index is 1150. The molecular weight excluding hydrogens is 436 g/mol. The first-order valence-electron chi connectivity index (χ1n) is 9.98. The highest BCUT2D eigenvalue weighted by atomic mass is 32.2. The number of nitrogens with one attached hydrogen (secondary N) is 2. The smallest absolute Gasteiger partial charge is 0.200 e. The van der Waals surface area contributed by atoms with E-state index in [1.165, 1.54) is 24.3 Å². The summed E-state index contributed by atoms with van der Waals surface area (Å²) in [5, 5.41) is 8.31. The zero-order valence-corrected chi connectivity index (χ0v) is 18.9. The minimum absolute atomic E-state index is 0.0633. The van der Waals surface area contributed by atoms with Crippen molar-refractivity contribution in [3.8, 4) is 0 Å². The molecule has 0 radical (unpaired) electrons. The summed E-state index contributed by atoms with van der Waals surface area (Å²) < 4.78 is 50.3. The van der Waals surface area contributed by atoms with E-state index in [1.54, 1.807) is 24.3 Å². The van der Waals surface area contributed by atoms with Crippen molar-refractivity contribution in [2.24, 2.45) is 22.0 Å². The van der Waals surface area contributed by atoms with Crippen LogP contribution >= 0.6 is 0 Å². The Kier molecular flexibility index (Phi) is 5.61. The lowest BCUT2D eigenvalue weighted by Gasteiger charge is -2.16. The van der Waals surface area contributed by atoms with Crippen LogP contribution in [-0.4, -0.2) is 28.3 Å². The Morgan fingerprint density at radius 2 is 1.03 bits per heavy atom. The summed E-state index contributed by atoms with van der Waals surface area (Å²) in [6, 6.07) is 12.9. The lowest BCUT2D eigenvalue weighted by Crippen LogP contribution is -2.30. The number of fused-ring (bicyclic) bond motifs is 2. The maximum absolute atomic E-state index is 12.6. The third-order valence-corrected chi connectivity index (χ3v) is 8.15. The minimum Gasteiger partial charge on any atom is -0.200 e. The van der Waals surface area contributed by atoms with E-state index in [2.05, 4.69) is 19.9 Å². The van der Waals surface area contributed by atoms with Gasteiger partial charge in [-0.3, -0.25) is 0 Å². The fraction of sp³-hybridized carbons (Fsp3) is 0.333. The third kappa shape index (κ3) is 4.49. The molecule has 2 aromatic carbocycles. The molecule has 0 aliphatic heterocycles. The molecule has 0 unspecified atom stereocenters. The van der Waals surface area contributed by atoms with Crippen LogP contribution in [0.15, 0.2) is 68.5 Å². The molecular formula is C21H24N4O4S2. The van der Waals surface area contributed by atoms with Crippen LogP contribution in [-0.2, 0) is 20.0 Å². The molecule has 8 nitrogen and oxygen atoms in total. The molecule has 0 heterocycles. The van der Waals surface area contributed by atoms with Crippen molar-refractivity contribution >= 4 is 31.5 Å². The highest BCUT2D eigenvalue weighted by Gasteiger charge is 2.43. The maximum atomic E-state index is 12.6. The maximum Gasteiger partial charge on any atom is 0.276 e. The second-order valence-electron chi connectivity index (χ2n) is 8.02. The van der Waals surface area contributed by atoms with Crippen LogP contribution in [0.25, 0.3) is 0 Å². The summed E-state index contributed by atoms with van der Waals surface area (Å²) >= 11 is 0. The number of hydrazone groups is 2. The topological polar surface area (TPSA) is 117 Å². The van der Waals surface area contributed by atoms with Gasteiger partial charge in [0, 0.05) is 11.8 Å². The fourth-order valence-corrected chi connectivity index (χ4v) is 5.59. The van der Waals surface area contributed by atoms with Crippen LogP contribution in [0, 0.1) is 25.7 Å². The van der Waals surface area contributed by atoms with E-state index < -0.39 is 20.0 Å². The zero-order chi connectivity index (χ0) is 22.2. The standard InChI is InChI=1S/C21H24N4O4S2/c1-14-3-9-18(10-4-14)30(26,27)24-22-20-16-7-8-17(13-16)21(20)23-25-31(28,29)19-11-5-15(2)6-12-19/h3-6,9-12,16-17,24-25H,7-8,13H2,1-2H3/b22-20+,23-21?/t16-,17+/m1/s1. The van der Waals surface area contributed by atoms with Crippen LogP contribution in [0.2, 0.25) is 0 Å². The van der Waals surface area contributed by atoms with Gasteiger partial charge in [-0.05, 0) is 57.4 Å². The second kappa shape index (κ2) is 8.08. The monoisotopic (exact) mass is 460 g/mol. The predicted molar refractivity (Wildman–Crippen MR) is 119 cm³/mol. The van der Waals surface area contributed by atoms with E-state index >= 15 is 0 Å². The van der Waals surface area contributed by atoms with Gasteiger partial charge in [0.25, 0.3) is 20.0 Å². The van der Waals surface area contributed by atoms with E-state index in [9.17, 15) is 16.8 Å². The molecule has 10 heteroatoms. The van der Waals surface area contributed by atoms with Crippen molar-refractivity contribution in [3.05, 3.63) is 59.7 Å². The molecule has 31 heavy (non-hydrogen) atoms. The lowest BCUT2D eigenvalue weighted by atomic mass is 9.96. The molecule has 2 atom stereocenters. The Morgan fingerprint density at radius 3 is 1.39 bits per heavy atom. The molecule has 2 aliphatic rings. The highest BCUT2D eigenvalue weighted by Crippen LogP contribution is 2.41. The number of aryl methyl sites for hydroxylation is 2. The summed E-state index contributed by atoms with van der Waals surface area (Å²) in [7, 11) is -7.65. The van der Waals surface area contributed by atoms with E-state index in [0.717, 1.165) is 30.4 Å². The molecule has 2 bridgehead atoms. The number of sulfonamides is 2. The van der Waals surface area contributed by atoms with E-state index in [1.807, 2.05) is 13.8 Å². The van der Waals surface area contributed by atoms with E-state index in [-0.39, 0.29) is 21.6 Å². The molecule has 0 spiro atoms. The number of hydrogen-bond donors (Lipinski definition) is 2. The van der Waals surface area contributed by atoms with Gasteiger partial charge in [-0.25, -0.2) is 0 Å². The Morgan fingerprint density at radius 1 is 0.677 bits per heavy atom. The van der Waals surface area contributed by atoms with Gasteiger partial charge in [-0.15, -0.1) is 0 Å². The molecule has 2 aromatic rings. The van der Waals surface area contributed by atoms with Crippen molar-refractivity contribution in [3.63, 3.8) is 0 Å². The first kappa shape index (κ1) is 21.5. The molecule has 4 rings (SSSR count). The molecule has 0 saturated heterocycles. The molecule has 164 valence electrons. The van der Waals surface area contributed by atoms with Crippen LogP contribution in [0.4, 0.5) is 0 Å². The summed E-state index contributed by atoms with van der Waals surface area (Å²) in [6.45, 7) is 3.75. The number of rotatable bonds is 6. The van der Waals surface area contributed by atoms with Crippen molar-refractivity contribution < 1.29 is 16.8 Å². The molecule has 2 fully saturated rings. The van der Waals surface area contributed by atoms with Gasteiger partial charge in [-0.1, -0.05) is 35.4 Å². The summed E-state index contributed by atoms with van der Waals surface area (Å²) in [6.07, 6.45) is 2.54. The predicted octanol–water partition coefficient (Wildman–Crippen LogP) is 2.70. The van der Waals surface area contributed by atoms with Crippen molar-refractivity contribution in [2.75, 3.05) is 0 Å². The Hall–Kier alpha value is -2.72. The SMILES string of the molecule is Cc1ccc(S(=O)(=O)NN=C2/C(=N/NS(=O)(=O)c3ccc(C)cc3)[C@@H]3CC[C@H]2C3)cc1. The Balaban J connectivity index is 1.57. The van der Waals surface area contributed by atoms with E-state index in [0.29, 0.717) is 11.4 Å². The first-order valence-corrected chi connectivity index (χ1v) is 12.9. The van der Waals surface area contributed by atoms with Crippen molar-refractivity contribution in [1.82, 2.24) is 9.66 Å². The van der Waals surface area contributed by atoms with Crippen LogP contribution in [0.5, 0.6) is 0 Å². The molecule has 0 aromatic heterocycles. The number of benzene rings is 2. The zero-order valence-electron chi connectivity index (χ0n) is 17.2. The third-order valence-electron chi connectivity index (χ3n) is 5.70.